The summed E-state index contributed by atoms with van der Waals surface area (Å²) in [7, 11) is 0. The summed E-state index contributed by atoms with van der Waals surface area (Å²) >= 11 is 0. The minimum atomic E-state index is 0.135. The second-order valence-corrected chi connectivity index (χ2v) is 5.19. The van der Waals surface area contributed by atoms with Crippen molar-refractivity contribution in [2.75, 3.05) is 12.3 Å². The summed E-state index contributed by atoms with van der Waals surface area (Å²) in [6.07, 6.45) is 0.903. The number of aliphatic hydroxyl groups is 1. The maximum Gasteiger partial charge on any atom is 0.0467 e. The highest BCUT2D eigenvalue weighted by Gasteiger charge is 2.23. The van der Waals surface area contributed by atoms with E-state index in [1.165, 1.54) is 5.56 Å². The van der Waals surface area contributed by atoms with E-state index in [4.69, 9.17) is 5.73 Å². The molecule has 0 heterocycles. The Balaban J connectivity index is 2.71. The zero-order valence-corrected chi connectivity index (χ0v) is 9.83. The molecule has 0 aliphatic rings. The van der Waals surface area contributed by atoms with Crippen molar-refractivity contribution in [2.45, 2.75) is 27.2 Å². The number of nitrogen functional groups attached to an aromatic ring is 1. The van der Waals surface area contributed by atoms with Crippen molar-refractivity contribution in [3.63, 3.8) is 0 Å². The Hall–Kier alpha value is -1.02. The van der Waals surface area contributed by atoms with Crippen molar-refractivity contribution < 1.29 is 5.11 Å². The van der Waals surface area contributed by atoms with Crippen LogP contribution in [-0.4, -0.2) is 11.7 Å². The standard InChI is InChI=1S/C13H21NO/c1-13(2,3)11(9-15)8-10-4-6-12(14)7-5-10/h4-7,11,15H,8-9,14H2,1-3H3. The predicted octanol–water partition coefficient (Wildman–Crippen LogP) is 2.47. The largest absolute Gasteiger partial charge is 0.399 e. The second kappa shape index (κ2) is 4.67. The Kier molecular flexibility index (Phi) is 3.75. The molecule has 0 aliphatic heterocycles. The quantitative estimate of drug-likeness (QED) is 0.748. The van der Waals surface area contributed by atoms with E-state index in [0.29, 0.717) is 5.92 Å². The number of nitrogens with two attached hydrogens (primary N) is 1. The molecule has 0 spiro atoms. The molecule has 2 heteroatoms. The average Bonchev–Trinajstić information content (AvgIpc) is 2.15. The fourth-order valence-corrected chi connectivity index (χ4v) is 1.58. The van der Waals surface area contributed by atoms with Gasteiger partial charge in [-0.25, -0.2) is 0 Å². The van der Waals surface area contributed by atoms with Gasteiger partial charge in [0.2, 0.25) is 0 Å². The molecule has 1 aromatic rings. The van der Waals surface area contributed by atoms with Crippen molar-refractivity contribution in [3.8, 4) is 0 Å². The highest BCUT2D eigenvalue weighted by atomic mass is 16.3. The van der Waals surface area contributed by atoms with Gasteiger partial charge in [0.15, 0.2) is 0 Å². The third-order valence-corrected chi connectivity index (χ3v) is 2.91. The number of aliphatic hydroxyl groups excluding tert-OH is 1. The lowest BCUT2D eigenvalue weighted by atomic mass is 9.78. The Morgan fingerprint density at radius 3 is 2.13 bits per heavy atom. The molecule has 1 atom stereocenters. The van der Waals surface area contributed by atoms with Crippen LogP contribution in [0.5, 0.6) is 0 Å². The lowest BCUT2D eigenvalue weighted by Gasteiger charge is -2.29. The second-order valence-electron chi connectivity index (χ2n) is 5.19. The molecule has 0 saturated carbocycles. The third kappa shape index (κ3) is 3.56. The molecular formula is C13H21NO. The third-order valence-electron chi connectivity index (χ3n) is 2.91. The first-order chi connectivity index (χ1) is 6.93. The van der Waals surface area contributed by atoms with Crippen LogP contribution >= 0.6 is 0 Å². The molecular weight excluding hydrogens is 186 g/mol. The maximum atomic E-state index is 9.35. The van der Waals surface area contributed by atoms with Gasteiger partial charge in [0.05, 0.1) is 0 Å². The smallest absolute Gasteiger partial charge is 0.0467 e. The first-order valence-electron chi connectivity index (χ1n) is 5.38. The maximum absolute atomic E-state index is 9.35. The van der Waals surface area contributed by atoms with Crippen LogP contribution in [0.15, 0.2) is 24.3 Å². The molecule has 1 unspecified atom stereocenters. The van der Waals surface area contributed by atoms with Crippen LogP contribution in [0.3, 0.4) is 0 Å². The summed E-state index contributed by atoms with van der Waals surface area (Å²) in [6, 6.07) is 7.88. The highest BCUT2D eigenvalue weighted by molar-refractivity contribution is 5.39. The Bertz CT molecular complexity index is 297. The monoisotopic (exact) mass is 207 g/mol. The molecule has 0 radical (unpaired) electrons. The first kappa shape index (κ1) is 12.1. The van der Waals surface area contributed by atoms with Gasteiger partial charge in [-0.15, -0.1) is 0 Å². The summed E-state index contributed by atoms with van der Waals surface area (Å²) in [6.45, 7) is 6.70. The van der Waals surface area contributed by atoms with E-state index in [2.05, 4.69) is 20.8 Å². The van der Waals surface area contributed by atoms with Gasteiger partial charge in [0.25, 0.3) is 0 Å². The molecule has 15 heavy (non-hydrogen) atoms. The summed E-state index contributed by atoms with van der Waals surface area (Å²) < 4.78 is 0. The van der Waals surface area contributed by atoms with E-state index in [-0.39, 0.29) is 12.0 Å². The topological polar surface area (TPSA) is 46.2 Å². The molecule has 0 aromatic heterocycles. The highest BCUT2D eigenvalue weighted by Crippen LogP contribution is 2.28. The fraction of sp³-hybridized carbons (Fsp3) is 0.538. The molecule has 1 aromatic carbocycles. The van der Waals surface area contributed by atoms with Crippen LogP contribution in [0.4, 0.5) is 5.69 Å². The van der Waals surface area contributed by atoms with E-state index in [1.54, 1.807) is 0 Å². The van der Waals surface area contributed by atoms with Gasteiger partial charge in [-0.3, -0.25) is 0 Å². The molecule has 0 bridgehead atoms. The molecule has 0 aliphatic carbocycles. The molecule has 0 fully saturated rings. The number of benzene rings is 1. The predicted molar refractivity (Wildman–Crippen MR) is 64.6 cm³/mol. The van der Waals surface area contributed by atoms with Crippen LogP contribution < -0.4 is 5.73 Å². The van der Waals surface area contributed by atoms with Gasteiger partial charge in [-0.1, -0.05) is 32.9 Å². The SMILES string of the molecule is CC(C)(C)C(CO)Cc1ccc(N)cc1. The summed E-state index contributed by atoms with van der Waals surface area (Å²) in [4.78, 5) is 0. The van der Waals surface area contributed by atoms with Crippen molar-refractivity contribution >= 4 is 5.69 Å². The van der Waals surface area contributed by atoms with E-state index in [1.807, 2.05) is 24.3 Å². The van der Waals surface area contributed by atoms with E-state index in [9.17, 15) is 5.11 Å². The zero-order valence-electron chi connectivity index (χ0n) is 9.83. The number of hydrogen-bond acceptors (Lipinski definition) is 2. The van der Waals surface area contributed by atoms with Crippen LogP contribution in [0.2, 0.25) is 0 Å². The summed E-state index contributed by atoms with van der Waals surface area (Å²) in [5, 5.41) is 9.35. The van der Waals surface area contributed by atoms with Crippen LogP contribution in [0, 0.1) is 11.3 Å². The molecule has 0 saturated heterocycles. The summed E-state index contributed by atoms with van der Waals surface area (Å²) in [5.74, 6) is 0.293. The van der Waals surface area contributed by atoms with Crippen molar-refractivity contribution in [3.05, 3.63) is 29.8 Å². The van der Waals surface area contributed by atoms with E-state index in [0.717, 1.165) is 12.1 Å². The molecule has 3 N–H and O–H groups in total. The molecule has 0 amide bonds. The van der Waals surface area contributed by atoms with Gasteiger partial charge in [0.1, 0.15) is 0 Å². The van der Waals surface area contributed by atoms with Gasteiger partial charge in [-0.05, 0) is 35.4 Å². The van der Waals surface area contributed by atoms with Crippen LogP contribution in [-0.2, 0) is 6.42 Å². The van der Waals surface area contributed by atoms with E-state index >= 15 is 0 Å². The van der Waals surface area contributed by atoms with Gasteiger partial charge >= 0.3 is 0 Å². The van der Waals surface area contributed by atoms with Gasteiger partial charge < -0.3 is 10.8 Å². The molecule has 2 nitrogen and oxygen atoms in total. The minimum Gasteiger partial charge on any atom is -0.399 e. The normalized spacial score (nSPS) is 13.9. The van der Waals surface area contributed by atoms with Gasteiger partial charge in [-0.2, -0.15) is 0 Å². The zero-order chi connectivity index (χ0) is 11.5. The average molecular weight is 207 g/mol. The fourth-order valence-electron chi connectivity index (χ4n) is 1.58. The number of rotatable bonds is 3. The van der Waals surface area contributed by atoms with Gasteiger partial charge in [0, 0.05) is 12.3 Å². The van der Waals surface area contributed by atoms with Crippen molar-refractivity contribution in [2.24, 2.45) is 11.3 Å². The van der Waals surface area contributed by atoms with Crippen molar-refractivity contribution in [1.82, 2.24) is 0 Å². The van der Waals surface area contributed by atoms with Crippen LogP contribution in [0.25, 0.3) is 0 Å². The number of anilines is 1. The minimum absolute atomic E-state index is 0.135. The Labute approximate surface area is 92.1 Å². The Morgan fingerprint density at radius 2 is 1.73 bits per heavy atom. The van der Waals surface area contributed by atoms with Crippen LogP contribution in [0.1, 0.15) is 26.3 Å². The lowest BCUT2D eigenvalue weighted by Crippen LogP contribution is -2.25. The van der Waals surface area contributed by atoms with E-state index < -0.39 is 0 Å². The lowest BCUT2D eigenvalue weighted by molar-refractivity contribution is 0.131. The molecule has 1 rings (SSSR count). The molecule has 84 valence electrons. The first-order valence-corrected chi connectivity index (χ1v) is 5.38. The summed E-state index contributed by atoms with van der Waals surface area (Å²) in [5.41, 5.74) is 7.78. The Morgan fingerprint density at radius 1 is 1.20 bits per heavy atom. The number of hydrogen-bond donors (Lipinski definition) is 2. The van der Waals surface area contributed by atoms with Crippen molar-refractivity contribution in [1.29, 1.82) is 0 Å².